The van der Waals surface area contributed by atoms with E-state index in [-0.39, 0.29) is 0 Å². The van der Waals surface area contributed by atoms with Gasteiger partial charge in [0.15, 0.2) is 0 Å². The first kappa shape index (κ1) is 35.7. The molecule has 0 atom stereocenters. The molecule has 0 aliphatic carbocycles. The number of aryl methyl sites for hydroxylation is 1. The third kappa shape index (κ3) is 7.14. The van der Waals surface area contributed by atoms with Gasteiger partial charge in [0.1, 0.15) is 0 Å². The highest BCUT2D eigenvalue weighted by Gasteiger charge is 2.16. The summed E-state index contributed by atoms with van der Waals surface area (Å²) in [4.78, 5) is 2.36. The van der Waals surface area contributed by atoms with Crippen molar-refractivity contribution in [3.05, 3.63) is 236 Å². The lowest BCUT2D eigenvalue weighted by molar-refractivity contribution is 1.28. The number of anilines is 5. The lowest BCUT2D eigenvalue weighted by Gasteiger charge is -2.26. The van der Waals surface area contributed by atoms with Crippen LogP contribution < -0.4 is 10.2 Å². The molecule has 0 aliphatic heterocycles. The normalized spacial score (nSPS) is 11.1. The van der Waals surface area contributed by atoms with Gasteiger partial charge in [0.2, 0.25) is 0 Å². The zero-order valence-electron chi connectivity index (χ0n) is 32.9. The van der Waals surface area contributed by atoms with Crippen molar-refractivity contribution in [3.8, 4) is 44.5 Å². The molecule has 0 fully saturated rings. The zero-order chi connectivity index (χ0) is 39.5. The molecule has 10 aromatic carbocycles. The van der Waals surface area contributed by atoms with Crippen LogP contribution in [-0.2, 0) is 0 Å². The number of hydrogen-bond donors (Lipinski definition) is 1. The molecule has 2 nitrogen and oxygen atoms in total. The number of hydrogen-bond acceptors (Lipinski definition) is 2. The first-order valence-electron chi connectivity index (χ1n) is 20.3. The summed E-state index contributed by atoms with van der Waals surface area (Å²) in [5.41, 5.74) is 16.3. The third-order valence-electron chi connectivity index (χ3n) is 11.4. The van der Waals surface area contributed by atoms with Crippen LogP contribution in [0.1, 0.15) is 5.56 Å². The van der Waals surface area contributed by atoms with Gasteiger partial charge in [-0.2, -0.15) is 0 Å². The first-order chi connectivity index (χ1) is 29.2. The predicted octanol–water partition coefficient (Wildman–Crippen LogP) is 16.2. The van der Waals surface area contributed by atoms with E-state index in [2.05, 4.69) is 242 Å². The van der Waals surface area contributed by atoms with Gasteiger partial charge in [0, 0.05) is 34.0 Å². The van der Waals surface area contributed by atoms with E-state index in [1.54, 1.807) is 0 Å². The monoisotopic (exact) mass is 754 g/mol. The van der Waals surface area contributed by atoms with E-state index in [9.17, 15) is 0 Å². The molecule has 0 saturated heterocycles. The molecule has 0 bridgehead atoms. The Morgan fingerprint density at radius 2 is 0.763 bits per heavy atom. The Morgan fingerprint density at radius 3 is 1.34 bits per heavy atom. The number of benzene rings is 10. The molecule has 10 rings (SSSR count). The zero-order valence-corrected chi connectivity index (χ0v) is 32.9. The SMILES string of the molecule is Cc1ccc(-c2ccc(N(c3ccc(-c4cccc5ccccc45)cc3)c3ccc(-c4cccc5ccccc45)cc3)cc2)cc1-c1ccccc1Nc1ccccc1. The lowest BCUT2D eigenvalue weighted by atomic mass is 9.94. The second-order valence-corrected chi connectivity index (χ2v) is 15.1. The minimum absolute atomic E-state index is 1.07. The van der Waals surface area contributed by atoms with Gasteiger partial charge >= 0.3 is 0 Å². The minimum atomic E-state index is 1.07. The van der Waals surface area contributed by atoms with Crippen LogP contribution >= 0.6 is 0 Å². The summed E-state index contributed by atoms with van der Waals surface area (Å²) < 4.78 is 0. The van der Waals surface area contributed by atoms with E-state index < -0.39 is 0 Å². The van der Waals surface area contributed by atoms with E-state index in [0.29, 0.717) is 0 Å². The summed E-state index contributed by atoms with van der Waals surface area (Å²) in [5.74, 6) is 0. The molecule has 1 N–H and O–H groups in total. The Bertz CT molecular complexity index is 2920. The molecular formula is C57H42N2. The van der Waals surface area contributed by atoms with Gasteiger partial charge in [-0.3, -0.25) is 0 Å². The van der Waals surface area contributed by atoms with Crippen molar-refractivity contribution in [2.45, 2.75) is 6.92 Å². The Morgan fingerprint density at radius 1 is 0.322 bits per heavy atom. The molecule has 0 radical (unpaired) electrons. The molecule has 0 heterocycles. The van der Waals surface area contributed by atoms with Crippen molar-refractivity contribution >= 4 is 50.0 Å². The largest absolute Gasteiger partial charge is 0.355 e. The van der Waals surface area contributed by atoms with E-state index >= 15 is 0 Å². The third-order valence-corrected chi connectivity index (χ3v) is 11.4. The summed E-state index contributed by atoms with van der Waals surface area (Å²) in [6.45, 7) is 2.19. The van der Waals surface area contributed by atoms with E-state index in [0.717, 1.165) is 28.4 Å². The molecule has 0 spiro atoms. The van der Waals surface area contributed by atoms with Crippen molar-refractivity contribution in [3.63, 3.8) is 0 Å². The summed E-state index contributed by atoms with van der Waals surface area (Å²) in [7, 11) is 0. The average Bonchev–Trinajstić information content (AvgIpc) is 3.30. The fourth-order valence-electron chi connectivity index (χ4n) is 8.38. The minimum Gasteiger partial charge on any atom is -0.355 e. The van der Waals surface area contributed by atoms with Gasteiger partial charge < -0.3 is 10.2 Å². The summed E-state index contributed by atoms with van der Waals surface area (Å²) in [5, 5.41) is 8.65. The molecule has 0 amide bonds. The van der Waals surface area contributed by atoms with Crippen LogP contribution in [0.3, 0.4) is 0 Å². The van der Waals surface area contributed by atoms with Gasteiger partial charge in [0.25, 0.3) is 0 Å². The van der Waals surface area contributed by atoms with Gasteiger partial charge in [-0.1, -0.05) is 170 Å². The topological polar surface area (TPSA) is 15.3 Å². The second kappa shape index (κ2) is 15.7. The lowest BCUT2D eigenvalue weighted by Crippen LogP contribution is -2.09. The smallest absolute Gasteiger partial charge is 0.0464 e. The van der Waals surface area contributed by atoms with Gasteiger partial charge in [-0.15, -0.1) is 0 Å². The van der Waals surface area contributed by atoms with Crippen molar-refractivity contribution in [2.75, 3.05) is 10.2 Å². The molecule has 10 aromatic rings. The van der Waals surface area contributed by atoms with E-state index in [4.69, 9.17) is 0 Å². The van der Waals surface area contributed by atoms with Crippen molar-refractivity contribution in [1.29, 1.82) is 0 Å². The van der Waals surface area contributed by atoms with Crippen LogP contribution in [0.4, 0.5) is 28.4 Å². The molecular weight excluding hydrogens is 713 g/mol. The highest BCUT2D eigenvalue weighted by molar-refractivity contribution is 5.98. The number of nitrogens with zero attached hydrogens (tertiary/aromatic N) is 1. The van der Waals surface area contributed by atoms with E-state index in [1.807, 2.05) is 6.07 Å². The standard InChI is InChI=1S/C57H42N2/c1-40-25-26-46(39-56(40)55-21-9-10-24-57(55)58-47-17-3-2-4-18-47)41-27-33-48(34-28-41)59(49-35-29-44(30-36-49)53-22-11-15-42-13-5-7-19-51(42)53)50-37-31-45(32-38-50)54-23-12-16-43-14-6-8-20-52(43)54/h2-39,58H,1H3. The van der Waals surface area contributed by atoms with Crippen LogP contribution in [0.15, 0.2) is 231 Å². The molecule has 280 valence electrons. The van der Waals surface area contributed by atoms with Crippen molar-refractivity contribution in [2.24, 2.45) is 0 Å². The Kier molecular flexibility index (Phi) is 9.50. The molecule has 0 unspecified atom stereocenters. The summed E-state index contributed by atoms with van der Waals surface area (Å²) in [6, 6.07) is 83.0. The highest BCUT2D eigenvalue weighted by Crippen LogP contribution is 2.40. The molecule has 0 aliphatic rings. The van der Waals surface area contributed by atoms with Gasteiger partial charge in [0.05, 0.1) is 0 Å². The van der Waals surface area contributed by atoms with Crippen LogP contribution in [0, 0.1) is 6.92 Å². The highest BCUT2D eigenvalue weighted by atomic mass is 15.1. The number of fused-ring (bicyclic) bond motifs is 2. The van der Waals surface area contributed by atoms with Gasteiger partial charge in [-0.25, -0.2) is 0 Å². The number of para-hydroxylation sites is 2. The Hall–Kier alpha value is -7.68. The van der Waals surface area contributed by atoms with Crippen molar-refractivity contribution in [1.82, 2.24) is 0 Å². The van der Waals surface area contributed by atoms with E-state index in [1.165, 1.54) is 71.6 Å². The number of nitrogens with one attached hydrogen (secondary N) is 1. The number of rotatable bonds is 9. The average molecular weight is 755 g/mol. The maximum absolute atomic E-state index is 3.64. The summed E-state index contributed by atoms with van der Waals surface area (Å²) >= 11 is 0. The maximum atomic E-state index is 3.64. The first-order valence-corrected chi connectivity index (χ1v) is 20.3. The van der Waals surface area contributed by atoms with Crippen molar-refractivity contribution < 1.29 is 0 Å². The van der Waals surface area contributed by atoms with Crippen LogP contribution in [-0.4, -0.2) is 0 Å². The van der Waals surface area contributed by atoms with Gasteiger partial charge in [-0.05, 0) is 134 Å². The fourth-order valence-corrected chi connectivity index (χ4v) is 8.38. The second-order valence-electron chi connectivity index (χ2n) is 15.1. The fraction of sp³-hybridized carbons (Fsp3) is 0.0175. The predicted molar refractivity (Wildman–Crippen MR) is 252 cm³/mol. The summed E-state index contributed by atoms with van der Waals surface area (Å²) in [6.07, 6.45) is 0. The van der Waals surface area contributed by atoms with Crippen LogP contribution in [0.2, 0.25) is 0 Å². The Balaban J connectivity index is 1.02. The van der Waals surface area contributed by atoms with Crippen LogP contribution in [0.25, 0.3) is 66.1 Å². The Labute approximate surface area is 346 Å². The quantitative estimate of drug-likeness (QED) is 0.158. The molecule has 59 heavy (non-hydrogen) atoms. The molecule has 0 aromatic heterocycles. The maximum Gasteiger partial charge on any atom is 0.0464 e. The molecule has 0 saturated carbocycles. The van der Waals surface area contributed by atoms with Crippen LogP contribution in [0.5, 0.6) is 0 Å². The molecule has 2 heteroatoms.